The molecular formula is C23H38N6O5. The Balaban J connectivity index is 0.00000258. The minimum Gasteiger partial charge on any atom is -0.400 e. The lowest BCUT2D eigenvalue weighted by Crippen LogP contribution is -2.51. The van der Waals surface area contributed by atoms with Crippen LogP contribution in [0.5, 0.6) is 0 Å². The van der Waals surface area contributed by atoms with Crippen LogP contribution >= 0.6 is 0 Å². The predicted molar refractivity (Wildman–Crippen MR) is 131 cm³/mol. The van der Waals surface area contributed by atoms with E-state index in [9.17, 15) is 19.2 Å². The van der Waals surface area contributed by atoms with Crippen molar-refractivity contribution in [2.75, 3.05) is 25.5 Å². The van der Waals surface area contributed by atoms with Crippen LogP contribution in [0.4, 0.5) is 5.69 Å². The van der Waals surface area contributed by atoms with E-state index < -0.39 is 11.9 Å². The molecule has 11 heteroatoms. The molecule has 0 aliphatic carbocycles. The van der Waals surface area contributed by atoms with Gasteiger partial charge in [0.05, 0.1) is 6.54 Å². The standard InChI is InChI=1S/C20H28N6O4.C2H6.CH4O/c1-14-3-4-17(23-10-16(21)12-26(22)7-2-8-27)9-15(14)11-25(13-28)18-5-6-19(29)24-20(18)30;2*1-2/h3-4,8-9,12-13,18,23H,2,5-7,10-11,21-22H2,1H3,(H,24,29,30);1-2H3;2H,1H3/b16-12-;;. The van der Waals surface area contributed by atoms with Crippen LogP contribution in [0, 0.1) is 6.92 Å². The number of aliphatic hydroxyl groups is 1. The van der Waals surface area contributed by atoms with E-state index in [-0.39, 0.29) is 18.9 Å². The first-order chi connectivity index (χ1) is 16.3. The molecule has 1 aromatic carbocycles. The van der Waals surface area contributed by atoms with Gasteiger partial charge in [-0.3, -0.25) is 19.7 Å². The molecule has 7 N–H and O–H groups in total. The Bertz CT molecular complexity index is 830. The van der Waals surface area contributed by atoms with Crippen molar-refractivity contribution < 1.29 is 24.3 Å². The number of piperidine rings is 1. The molecule has 1 unspecified atom stereocenters. The van der Waals surface area contributed by atoms with Gasteiger partial charge in [-0.25, -0.2) is 5.84 Å². The van der Waals surface area contributed by atoms with Crippen molar-refractivity contribution >= 4 is 30.2 Å². The smallest absolute Gasteiger partial charge is 0.249 e. The van der Waals surface area contributed by atoms with Gasteiger partial charge in [-0.2, -0.15) is 0 Å². The zero-order valence-corrected chi connectivity index (χ0v) is 20.4. The molecule has 0 saturated carbocycles. The molecular weight excluding hydrogens is 440 g/mol. The molecule has 11 nitrogen and oxygen atoms in total. The number of aldehydes is 1. The molecule has 190 valence electrons. The zero-order chi connectivity index (χ0) is 26.1. The number of nitrogens with zero attached hydrogens (tertiary/aromatic N) is 2. The number of hydrogen-bond donors (Lipinski definition) is 5. The average Bonchev–Trinajstić information content (AvgIpc) is 2.84. The van der Waals surface area contributed by atoms with Crippen molar-refractivity contribution in [3.05, 3.63) is 41.2 Å². The zero-order valence-electron chi connectivity index (χ0n) is 20.4. The lowest BCUT2D eigenvalue weighted by Gasteiger charge is -2.30. The number of rotatable bonds is 11. The highest BCUT2D eigenvalue weighted by atomic mass is 16.2. The van der Waals surface area contributed by atoms with E-state index in [1.165, 1.54) is 9.91 Å². The van der Waals surface area contributed by atoms with E-state index in [1.54, 1.807) is 6.20 Å². The summed E-state index contributed by atoms with van der Waals surface area (Å²) in [5, 5.41) is 13.8. The van der Waals surface area contributed by atoms with E-state index in [0.29, 0.717) is 38.0 Å². The fourth-order valence-corrected chi connectivity index (χ4v) is 3.10. The maximum absolute atomic E-state index is 12.1. The van der Waals surface area contributed by atoms with E-state index in [1.807, 2.05) is 39.0 Å². The van der Waals surface area contributed by atoms with Gasteiger partial charge in [0.1, 0.15) is 12.3 Å². The highest BCUT2D eigenvalue weighted by Crippen LogP contribution is 2.20. The number of amides is 3. The van der Waals surface area contributed by atoms with Gasteiger partial charge in [0.2, 0.25) is 18.2 Å². The Morgan fingerprint density at radius 1 is 1.26 bits per heavy atom. The van der Waals surface area contributed by atoms with Gasteiger partial charge in [-0.1, -0.05) is 19.9 Å². The van der Waals surface area contributed by atoms with Crippen LogP contribution in [0.25, 0.3) is 0 Å². The lowest BCUT2D eigenvalue weighted by atomic mass is 10.0. The third kappa shape index (κ3) is 10.5. The Hall–Kier alpha value is -3.44. The van der Waals surface area contributed by atoms with E-state index >= 15 is 0 Å². The molecule has 1 heterocycles. The highest BCUT2D eigenvalue weighted by molar-refractivity contribution is 6.00. The average molecular weight is 479 g/mol. The number of imide groups is 1. The monoisotopic (exact) mass is 478 g/mol. The van der Waals surface area contributed by atoms with Crippen LogP contribution < -0.4 is 22.2 Å². The Kier molecular flexibility index (Phi) is 15.4. The van der Waals surface area contributed by atoms with E-state index in [4.69, 9.17) is 16.7 Å². The summed E-state index contributed by atoms with van der Waals surface area (Å²) in [7, 11) is 1.00. The molecule has 1 atom stereocenters. The summed E-state index contributed by atoms with van der Waals surface area (Å²) < 4.78 is 0. The fraction of sp³-hybridized carbons (Fsp3) is 0.478. The van der Waals surface area contributed by atoms with Crippen LogP contribution in [-0.4, -0.2) is 65.8 Å². The Morgan fingerprint density at radius 3 is 2.53 bits per heavy atom. The second-order valence-electron chi connectivity index (χ2n) is 7.14. The number of hydrazine groups is 1. The first-order valence-corrected chi connectivity index (χ1v) is 11.1. The number of aliphatic hydroxyl groups excluding tert-OH is 1. The summed E-state index contributed by atoms with van der Waals surface area (Å²) in [6.07, 6.45) is 3.81. The first kappa shape index (κ1) is 30.6. The van der Waals surface area contributed by atoms with Crippen LogP contribution in [0.2, 0.25) is 0 Å². The van der Waals surface area contributed by atoms with Gasteiger partial charge < -0.3 is 30.9 Å². The van der Waals surface area contributed by atoms with Crippen molar-refractivity contribution in [2.24, 2.45) is 11.6 Å². The van der Waals surface area contributed by atoms with Crippen LogP contribution in [0.3, 0.4) is 0 Å². The van der Waals surface area contributed by atoms with Gasteiger partial charge in [-0.15, -0.1) is 0 Å². The first-order valence-electron chi connectivity index (χ1n) is 11.1. The lowest BCUT2D eigenvalue weighted by molar-refractivity contribution is -0.141. The number of carbonyl (C=O) groups is 4. The summed E-state index contributed by atoms with van der Waals surface area (Å²) in [4.78, 5) is 46.8. The molecule has 34 heavy (non-hydrogen) atoms. The number of aryl methyl sites for hydroxylation is 1. The van der Waals surface area contributed by atoms with Gasteiger partial charge in [0.25, 0.3) is 0 Å². The second-order valence-corrected chi connectivity index (χ2v) is 7.14. The molecule has 1 saturated heterocycles. The van der Waals surface area contributed by atoms with Gasteiger partial charge in [0.15, 0.2) is 0 Å². The van der Waals surface area contributed by atoms with Gasteiger partial charge in [-0.05, 0) is 36.6 Å². The number of nitrogens with two attached hydrogens (primary N) is 2. The maximum Gasteiger partial charge on any atom is 0.249 e. The number of nitrogens with one attached hydrogen (secondary N) is 2. The fourth-order valence-electron chi connectivity index (χ4n) is 3.10. The predicted octanol–water partition coefficient (Wildman–Crippen LogP) is 0.370. The molecule has 0 radical (unpaired) electrons. The molecule has 2 rings (SSSR count). The summed E-state index contributed by atoms with van der Waals surface area (Å²) in [5.74, 6) is 4.96. The van der Waals surface area contributed by atoms with Crippen molar-refractivity contribution in [3.63, 3.8) is 0 Å². The van der Waals surface area contributed by atoms with Crippen molar-refractivity contribution in [2.45, 2.75) is 52.6 Å². The number of benzene rings is 1. The third-order valence-electron chi connectivity index (χ3n) is 4.78. The van der Waals surface area contributed by atoms with Gasteiger partial charge in [0, 0.05) is 50.6 Å². The highest BCUT2D eigenvalue weighted by Gasteiger charge is 2.31. The van der Waals surface area contributed by atoms with Crippen molar-refractivity contribution in [3.8, 4) is 0 Å². The molecule has 1 aromatic rings. The topological polar surface area (TPSA) is 171 Å². The van der Waals surface area contributed by atoms with Crippen LogP contribution in [0.1, 0.15) is 44.2 Å². The van der Waals surface area contributed by atoms with Gasteiger partial charge >= 0.3 is 0 Å². The minimum atomic E-state index is -0.670. The number of carbonyl (C=O) groups excluding carboxylic acids is 4. The van der Waals surface area contributed by atoms with E-state index in [0.717, 1.165) is 30.2 Å². The second kappa shape index (κ2) is 17.1. The molecule has 3 amide bonds. The number of anilines is 1. The maximum atomic E-state index is 12.1. The summed E-state index contributed by atoms with van der Waals surface area (Å²) in [5.41, 5.74) is 9.06. The van der Waals surface area contributed by atoms with Crippen molar-refractivity contribution in [1.29, 1.82) is 0 Å². The van der Waals surface area contributed by atoms with Crippen LogP contribution in [-0.2, 0) is 25.7 Å². The summed E-state index contributed by atoms with van der Waals surface area (Å²) in [6.45, 7) is 6.87. The number of hydrogen-bond acceptors (Lipinski definition) is 9. The molecule has 1 fully saturated rings. The quantitative estimate of drug-likeness (QED) is 0.130. The molecule has 0 aromatic heterocycles. The molecule has 0 spiro atoms. The summed E-state index contributed by atoms with van der Waals surface area (Å²) >= 11 is 0. The SMILES string of the molecule is CC.CO.Cc1ccc(NC/C(N)=C/N(N)CCC=O)cc1CN(C=O)C1CCC(=O)NC1=O. The third-order valence-corrected chi connectivity index (χ3v) is 4.78. The molecule has 0 bridgehead atoms. The van der Waals surface area contributed by atoms with Crippen LogP contribution in [0.15, 0.2) is 30.1 Å². The molecule has 1 aliphatic rings. The van der Waals surface area contributed by atoms with Crippen molar-refractivity contribution in [1.82, 2.24) is 15.2 Å². The van der Waals surface area contributed by atoms with E-state index in [2.05, 4.69) is 10.6 Å². The minimum absolute atomic E-state index is 0.206. The molecule has 1 aliphatic heterocycles. The largest absolute Gasteiger partial charge is 0.400 e. The Morgan fingerprint density at radius 2 is 1.94 bits per heavy atom. The normalized spacial score (nSPS) is 15.0. The summed E-state index contributed by atoms with van der Waals surface area (Å²) in [6, 6.07) is 5.01. The Labute approximate surface area is 201 Å².